The fraction of sp³-hybridized carbons (Fsp3) is 0.471. The Balaban J connectivity index is 1.52. The van der Waals surface area contributed by atoms with Crippen LogP contribution in [0.3, 0.4) is 0 Å². The maximum atomic E-state index is 13.1. The van der Waals surface area contributed by atoms with Gasteiger partial charge in [-0.3, -0.25) is 4.79 Å². The van der Waals surface area contributed by atoms with Gasteiger partial charge in [-0.2, -0.15) is 0 Å². The molecule has 1 aliphatic heterocycles. The average molecular weight is 332 g/mol. The second-order valence-electron chi connectivity index (χ2n) is 6.24. The third-order valence-electron chi connectivity index (χ3n) is 4.08. The number of hydrogen-bond acceptors (Lipinski definition) is 4. The summed E-state index contributed by atoms with van der Waals surface area (Å²) in [6.07, 6.45) is 3.91. The molecule has 0 bridgehead atoms. The van der Waals surface area contributed by atoms with Gasteiger partial charge in [0.25, 0.3) is 0 Å². The number of nitrogens with zero attached hydrogens (tertiary/aromatic N) is 4. The summed E-state index contributed by atoms with van der Waals surface area (Å²) in [5, 5.41) is 7.96. The first-order valence-corrected chi connectivity index (χ1v) is 8.15. The molecule has 1 aliphatic rings. The molecule has 1 aromatic carbocycles. The highest BCUT2D eigenvalue weighted by atomic mass is 19.1. The van der Waals surface area contributed by atoms with Crippen molar-refractivity contribution in [3.63, 3.8) is 0 Å². The van der Waals surface area contributed by atoms with E-state index < -0.39 is 0 Å². The van der Waals surface area contributed by atoms with Crippen LogP contribution in [0.25, 0.3) is 0 Å². The van der Waals surface area contributed by atoms with Crippen molar-refractivity contribution < 1.29 is 13.9 Å². The van der Waals surface area contributed by atoms with E-state index in [1.165, 1.54) is 23.2 Å². The van der Waals surface area contributed by atoms with Crippen molar-refractivity contribution in [2.24, 2.45) is 5.92 Å². The number of piperidine rings is 1. The van der Waals surface area contributed by atoms with Crippen molar-refractivity contribution in [1.82, 2.24) is 19.9 Å². The second-order valence-corrected chi connectivity index (χ2v) is 6.24. The Morgan fingerprint density at radius 2 is 2.33 bits per heavy atom. The Bertz CT molecular complexity index is 703. The number of hydrogen-bond donors (Lipinski definition) is 0. The lowest BCUT2D eigenvalue weighted by Crippen LogP contribution is -2.40. The molecule has 0 spiro atoms. The van der Waals surface area contributed by atoms with Gasteiger partial charge in [-0.05, 0) is 30.9 Å². The molecule has 24 heavy (non-hydrogen) atoms. The molecule has 1 saturated heterocycles. The highest BCUT2D eigenvalue weighted by molar-refractivity contribution is 5.76. The molecule has 1 atom stereocenters. The molecule has 0 saturated carbocycles. The molecular weight excluding hydrogens is 311 g/mol. The Morgan fingerprint density at radius 3 is 3.12 bits per heavy atom. The van der Waals surface area contributed by atoms with Gasteiger partial charge < -0.3 is 9.64 Å². The Morgan fingerprint density at radius 1 is 1.46 bits per heavy atom. The van der Waals surface area contributed by atoms with Crippen LogP contribution in [0, 0.1) is 11.7 Å². The summed E-state index contributed by atoms with van der Waals surface area (Å²) >= 11 is 0. The van der Waals surface area contributed by atoms with E-state index in [2.05, 4.69) is 17.2 Å². The quantitative estimate of drug-likeness (QED) is 0.843. The lowest BCUT2D eigenvalue weighted by atomic mass is 10.0. The fourth-order valence-corrected chi connectivity index (χ4v) is 2.85. The predicted octanol–water partition coefficient (Wildman–Crippen LogP) is 2.25. The number of amides is 1. The molecule has 6 nitrogen and oxygen atoms in total. The van der Waals surface area contributed by atoms with E-state index >= 15 is 0 Å². The largest absolute Gasteiger partial charge is 0.487 e. The van der Waals surface area contributed by atoms with Gasteiger partial charge in [-0.1, -0.05) is 18.2 Å². The summed E-state index contributed by atoms with van der Waals surface area (Å²) in [4.78, 5) is 14.2. The summed E-state index contributed by atoms with van der Waals surface area (Å²) in [6, 6.07) is 5.93. The van der Waals surface area contributed by atoms with Crippen LogP contribution in [0.15, 0.2) is 30.5 Å². The van der Waals surface area contributed by atoms with Crippen molar-refractivity contribution in [2.75, 3.05) is 13.1 Å². The van der Waals surface area contributed by atoms with E-state index in [4.69, 9.17) is 4.74 Å². The Kier molecular flexibility index (Phi) is 5.08. The number of carbonyl (C=O) groups is 1. The topological polar surface area (TPSA) is 60.2 Å². The maximum absolute atomic E-state index is 13.1. The summed E-state index contributed by atoms with van der Waals surface area (Å²) in [7, 11) is 0. The van der Waals surface area contributed by atoms with Gasteiger partial charge in [0, 0.05) is 19.2 Å². The van der Waals surface area contributed by atoms with Crippen LogP contribution in [0.2, 0.25) is 0 Å². The monoisotopic (exact) mass is 332 g/mol. The highest BCUT2D eigenvalue weighted by Gasteiger charge is 2.21. The number of halogens is 1. The van der Waals surface area contributed by atoms with E-state index in [0.29, 0.717) is 17.4 Å². The van der Waals surface area contributed by atoms with Crippen LogP contribution in [0.1, 0.15) is 25.5 Å². The molecule has 0 aliphatic carbocycles. The number of aromatic nitrogens is 3. The van der Waals surface area contributed by atoms with Crippen molar-refractivity contribution >= 4 is 5.91 Å². The number of benzene rings is 1. The van der Waals surface area contributed by atoms with Gasteiger partial charge in [-0.25, -0.2) is 9.07 Å². The van der Waals surface area contributed by atoms with E-state index in [1.54, 1.807) is 18.3 Å². The molecule has 2 aromatic rings. The van der Waals surface area contributed by atoms with Gasteiger partial charge >= 0.3 is 0 Å². The zero-order chi connectivity index (χ0) is 16.9. The van der Waals surface area contributed by atoms with Gasteiger partial charge in [-0.15, -0.1) is 5.10 Å². The SMILES string of the molecule is C[C@@H]1CCCN(C(=O)Cn2cc(COc3cccc(F)c3)nn2)C1. The first-order chi connectivity index (χ1) is 11.6. The average Bonchev–Trinajstić information content (AvgIpc) is 3.00. The molecule has 1 aromatic heterocycles. The third-order valence-corrected chi connectivity index (χ3v) is 4.08. The Labute approximate surface area is 140 Å². The van der Waals surface area contributed by atoms with E-state index in [0.717, 1.165) is 19.5 Å². The number of likely N-dealkylation sites (tertiary alicyclic amines) is 1. The first-order valence-electron chi connectivity index (χ1n) is 8.15. The van der Waals surface area contributed by atoms with Crippen molar-refractivity contribution in [1.29, 1.82) is 0 Å². The van der Waals surface area contributed by atoms with Crippen molar-refractivity contribution in [3.05, 3.63) is 42.0 Å². The van der Waals surface area contributed by atoms with Crippen LogP contribution < -0.4 is 4.74 Å². The molecule has 0 unspecified atom stereocenters. The molecule has 2 heterocycles. The van der Waals surface area contributed by atoms with E-state index in [1.807, 2.05) is 4.90 Å². The summed E-state index contributed by atoms with van der Waals surface area (Å²) in [5.41, 5.74) is 0.596. The molecule has 128 valence electrons. The zero-order valence-corrected chi connectivity index (χ0v) is 13.7. The smallest absolute Gasteiger partial charge is 0.244 e. The molecule has 1 fully saturated rings. The third kappa shape index (κ3) is 4.31. The van der Waals surface area contributed by atoms with Gasteiger partial charge in [0.15, 0.2) is 0 Å². The number of rotatable bonds is 5. The number of carbonyl (C=O) groups excluding carboxylic acids is 1. The van der Waals surface area contributed by atoms with Crippen LogP contribution in [-0.2, 0) is 17.9 Å². The molecule has 0 N–H and O–H groups in total. The summed E-state index contributed by atoms with van der Waals surface area (Å²) in [5.74, 6) is 0.693. The van der Waals surface area contributed by atoms with E-state index in [9.17, 15) is 9.18 Å². The zero-order valence-electron chi connectivity index (χ0n) is 13.7. The van der Waals surface area contributed by atoms with Gasteiger partial charge in [0.2, 0.25) is 5.91 Å². The fourth-order valence-electron chi connectivity index (χ4n) is 2.85. The predicted molar refractivity (Wildman–Crippen MR) is 85.7 cm³/mol. The summed E-state index contributed by atoms with van der Waals surface area (Å²) in [6.45, 7) is 4.14. The minimum absolute atomic E-state index is 0.0593. The van der Waals surface area contributed by atoms with Gasteiger partial charge in [0.1, 0.15) is 30.4 Å². The highest BCUT2D eigenvalue weighted by Crippen LogP contribution is 2.16. The van der Waals surface area contributed by atoms with Crippen LogP contribution in [-0.4, -0.2) is 38.9 Å². The van der Waals surface area contributed by atoms with Crippen LogP contribution in [0.4, 0.5) is 4.39 Å². The first kappa shape index (κ1) is 16.4. The molecule has 7 heteroatoms. The molecule has 3 rings (SSSR count). The van der Waals surface area contributed by atoms with E-state index in [-0.39, 0.29) is 24.9 Å². The lowest BCUT2D eigenvalue weighted by Gasteiger charge is -2.30. The van der Waals surface area contributed by atoms with Crippen molar-refractivity contribution in [2.45, 2.75) is 32.9 Å². The molecular formula is C17H21FN4O2. The van der Waals surface area contributed by atoms with Crippen LogP contribution >= 0.6 is 0 Å². The minimum Gasteiger partial charge on any atom is -0.487 e. The maximum Gasteiger partial charge on any atom is 0.244 e. The van der Waals surface area contributed by atoms with Crippen molar-refractivity contribution in [3.8, 4) is 5.75 Å². The molecule has 0 radical (unpaired) electrons. The molecule has 1 amide bonds. The van der Waals surface area contributed by atoms with Gasteiger partial charge in [0.05, 0.1) is 6.20 Å². The Hall–Kier alpha value is -2.44. The summed E-state index contributed by atoms with van der Waals surface area (Å²) < 4.78 is 20.1. The van der Waals surface area contributed by atoms with Crippen LogP contribution in [0.5, 0.6) is 5.75 Å². The minimum atomic E-state index is -0.350. The normalized spacial score (nSPS) is 17.8. The number of ether oxygens (including phenoxy) is 1. The standard InChI is InChI=1S/C17H21FN4O2/c1-13-4-3-7-21(9-13)17(23)11-22-10-15(19-20-22)12-24-16-6-2-5-14(18)8-16/h2,5-6,8,10,13H,3-4,7,9,11-12H2,1H3/t13-/m1/s1. The lowest BCUT2D eigenvalue weighted by molar-refractivity contribution is -0.133. The second kappa shape index (κ2) is 7.42.